The Balaban J connectivity index is 0.000000366. The van der Waals surface area contributed by atoms with Crippen molar-refractivity contribution in [1.82, 2.24) is 0 Å². The van der Waals surface area contributed by atoms with E-state index in [1.54, 1.807) is 0 Å². The van der Waals surface area contributed by atoms with Crippen LogP contribution in [0.3, 0.4) is 0 Å². The van der Waals surface area contributed by atoms with Crippen molar-refractivity contribution in [3.8, 4) is 0 Å². The lowest BCUT2D eigenvalue weighted by Crippen LogP contribution is -2.27. The van der Waals surface area contributed by atoms with Gasteiger partial charge in [0.05, 0.1) is 13.2 Å². The van der Waals surface area contributed by atoms with E-state index in [-0.39, 0.29) is 13.2 Å². The molecule has 0 amide bonds. The molecule has 1 saturated carbocycles. The van der Waals surface area contributed by atoms with Gasteiger partial charge in [-0.3, -0.25) is 4.79 Å². The number of aliphatic hydroxyl groups excluding tert-OH is 3. The maximum absolute atomic E-state index is 11.4. The third-order valence-corrected chi connectivity index (χ3v) is 3.16. The Kier molecular flexibility index (Phi) is 8.39. The van der Waals surface area contributed by atoms with Gasteiger partial charge in [-0.15, -0.1) is 0 Å². The van der Waals surface area contributed by atoms with Crippen molar-refractivity contribution in [2.45, 2.75) is 46.1 Å². The molecule has 0 unspecified atom stereocenters. The lowest BCUT2D eigenvalue weighted by atomic mass is 9.77. The molecule has 4 heteroatoms. The zero-order chi connectivity index (χ0) is 13.4. The number of ketones is 1. The van der Waals surface area contributed by atoms with Crippen LogP contribution >= 0.6 is 0 Å². The molecule has 1 rings (SSSR count). The first kappa shape index (κ1) is 16.6. The van der Waals surface area contributed by atoms with Crippen LogP contribution in [-0.2, 0) is 4.79 Å². The largest absolute Gasteiger partial charge is 0.394 e. The molecule has 0 heterocycles. The van der Waals surface area contributed by atoms with Gasteiger partial charge >= 0.3 is 0 Å². The van der Waals surface area contributed by atoms with Crippen molar-refractivity contribution in [2.75, 3.05) is 13.2 Å². The van der Waals surface area contributed by atoms with Crippen LogP contribution in [0.25, 0.3) is 0 Å². The maximum Gasteiger partial charge on any atom is 0.136 e. The van der Waals surface area contributed by atoms with Crippen molar-refractivity contribution in [1.29, 1.82) is 0 Å². The van der Waals surface area contributed by atoms with Crippen LogP contribution in [0.2, 0.25) is 0 Å². The Morgan fingerprint density at radius 3 is 2.06 bits per heavy atom. The van der Waals surface area contributed by atoms with Crippen molar-refractivity contribution >= 4 is 5.78 Å². The van der Waals surface area contributed by atoms with Gasteiger partial charge < -0.3 is 15.3 Å². The average Bonchev–Trinajstić information content (AvgIpc) is 2.28. The Morgan fingerprint density at radius 1 is 1.24 bits per heavy atom. The smallest absolute Gasteiger partial charge is 0.136 e. The summed E-state index contributed by atoms with van der Waals surface area (Å²) in [6.07, 6.45) is 2.24. The van der Waals surface area contributed by atoms with Crippen LogP contribution in [-0.4, -0.2) is 40.4 Å². The van der Waals surface area contributed by atoms with E-state index < -0.39 is 6.10 Å². The quantitative estimate of drug-likeness (QED) is 0.693. The van der Waals surface area contributed by atoms with Gasteiger partial charge in [-0.1, -0.05) is 20.8 Å². The first-order valence-electron chi connectivity index (χ1n) is 6.34. The molecule has 0 aromatic rings. The number of carbonyl (C=O) groups excluding carboxylic acids is 1. The SMILES string of the molecule is CC(C)[C@@H]1CC[C@@H](C)CC1=O.OCC(O)CO. The van der Waals surface area contributed by atoms with E-state index in [1.807, 2.05) is 0 Å². The fourth-order valence-corrected chi connectivity index (χ4v) is 1.98. The van der Waals surface area contributed by atoms with Crippen molar-refractivity contribution < 1.29 is 20.1 Å². The number of aliphatic hydroxyl groups is 3. The molecular formula is C13H26O4. The summed E-state index contributed by atoms with van der Waals surface area (Å²) in [4.78, 5) is 11.4. The summed E-state index contributed by atoms with van der Waals surface area (Å²) in [6.45, 7) is 5.75. The Labute approximate surface area is 104 Å². The predicted molar refractivity (Wildman–Crippen MR) is 66.5 cm³/mol. The average molecular weight is 246 g/mol. The molecule has 0 aromatic carbocycles. The van der Waals surface area contributed by atoms with Crippen LogP contribution in [0.15, 0.2) is 0 Å². The molecule has 0 spiro atoms. The molecule has 17 heavy (non-hydrogen) atoms. The number of Topliss-reactive ketones (excluding diaryl/α,β-unsaturated/α-hetero) is 1. The highest BCUT2D eigenvalue weighted by atomic mass is 16.3. The molecule has 0 radical (unpaired) electrons. The second-order valence-corrected chi connectivity index (χ2v) is 5.22. The summed E-state index contributed by atoms with van der Waals surface area (Å²) in [5.41, 5.74) is 0. The minimum atomic E-state index is -0.954. The first-order valence-corrected chi connectivity index (χ1v) is 6.34. The summed E-state index contributed by atoms with van der Waals surface area (Å²) in [5.74, 6) is 2.05. The lowest BCUT2D eigenvalue weighted by Gasteiger charge is -2.27. The zero-order valence-corrected chi connectivity index (χ0v) is 11.1. The Morgan fingerprint density at radius 2 is 1.76 bits per heavy atom. The summed E-state index contributed by atoms with van der Waals surface area (Å²) in [7, 11) is 0. The maximum atomic E-state index is 11.4. The number of hydrogen-bond donors (Lipinski definition) is 3. The highest BCUT2D eigenvalue weighted by Gasteiger charge is 2.27. The monoisotopic (exact) mass is 246 g/mol. The molecule has 102 valence electrons. The van der Waals surface area contributed by atoms with Gasteiger partial charge in [0.15, 0.2) is 0 Å². The number of carbonyl (C=O) groups is 1. The Bertz CT molecular complexity index is 211. The molecule has 0 saturated heterocycles. The van der Waals surface area contributed by atoms with Gasteiger partial charge in [0, 0.05) is 12.3 Å². The molecule has 0 aliphatic heterocycles. The summed E-state index contributed by atoms with van der Waals surface area (Å²) in [6, 6.07) is 0. The Hall–Kier alpha value is -0.450. The first-order chi connectivity index (χ1) is 7.92. The molecule has 1 fully saturated rings. The minimum Gasteiger partial charge on any atom is -0.394 e. The molecule has 1 aliphatic rings. The molecule has 2 atom stereocenters. The summed E-state index contributed by atoms with van der Waals surface area (Å²) < 4.78 is 0. The normalized spacial score (nSPS) is 24.8. The third kappa shape index (κ3) is 6.76. The van der Waals surface area contributed by atoms with Crippen LogP contribution < -0.4 is 0 Å². The van der Waals surface area contributed by atoms with E-state index >= 15 is 0 Å². The summed E-state index contributed by atoms with van der Waals surface area (Å²) in [5, 5.41) is 24.0. The van der Waals surface area contributed by atoms with Gasteiger partial charge in [0.1, 0.15) is 11.9 Å². The molecule has 4 nitrogen and oxygen atoms in total. The van der Waals surface area contributed by atoms with Gasteiger partial charge in [-0.25, -0.2) is 0 Å². The predicted octanol–water partition coefficient (Wildman–Crippen LogP) is 0.980. The minimum absolute atomic E-state index is 0.365. The highest BCUT2D eigenvalue weighted by molar-refractivity contribution is 5.82. The molecule has 0 aromatic heterocycles. The molecule has 3 N–H and O–H groups in total. The van der Waals surface area contributed by atoms with Gasteiger partial charge in [0.2, 0.25) is 0 Å². The third-order valence-electron chi connectivity index (χ3n) is 3.16. The highest BCUT2D eigenvalue weighted by Crippen LogP contribution is 2.29. The van der Waals surface area contributed by atoms with Gasteiger partial charge in [0.25, 0.3) is 0 Å². The van der Waals surface area contributed by atoms with E-state index in [4.69, 9.17) is 15.3 Å². The van der Waals surface area contributed by atoms with Crippen LogP contribution in [0.4, 0.5) is 0 Å². The van der Waals surface area contributed by atoms with Crippen LogP contribution in [0.5, 0.6) is 0 Å². The fourth-order valence-electron chi connectivity index (χ4n) is 1.98. The fraction of sp³-hybridized carbons (Fsp3) is 0.923. The van der Waals surface area contributed by atoms with Crippen LogP contribution in [0, 0.1) is 17.8 Å². The second kappa shape index (κ2) is 8.61. The van der Waals surface area contributed by atoms with Gasteiger partial charge in [-0.05, 0) is 24.7 Å². The molecule has 1 aliphatic carbocycles. The number of hydrogen-bond acceptors (Lipinski definition) is 4. The van der Waals surface area contributed by atoms with E-state index in [9.17, 15) is 4.79 Å². The van der Waals surface area contributed by atoms with E-state index in [0.29, 0.717) is 23.5 Å². The zero-order valence-electron chi connectivity index (χ0n) is 11.1. The van der Waals surface area contributed by atoms with Gasteiger partial charge in [-0.2, -0.15) is 0 Å². The van der Waals surface area contributed by atoms with E-state index in [1.165, 1.54) is 6.42 Å². The molecular weight excluding hydrogens is 220 g/mol. The van der Waals surface area contributed by atoms with E-state index in [2.05, 4.69) is 20.8 Å². The van der Waals surface area contributed by atoms with Crippen molar-refractivity contribution in [3.63, 3.8) is 0 Å². The van der Waals surface area contributed by atoms with Crippen LogP contribution in [0.1, 0.15) is 40.0 Å². The lowest BCUT2D eigenvalue weighted by molar-refractivity contribution is -0.127. The summed E-state index contributed by atoms with van der Waals surface area (Å²) >= 11 is 0. The standard InChI is InChI=1S/C10H18O.C3H8O3/c1-7(2)9-5-4-8(3)6-10(9)11;4-1-3(6)2-5/h7-9H,4-6H2,1-3H3;3-6H,1-2H2/t8-,9+;/m1./s1. The second-order valence-electron chi connectivity index (χ2n) is 5.22. The topological polar surface area (TPSA) is 77.8 Å². The van der Waals surface area contributed by atoms with Crippen molar-refractivity contribution in [3.05, 3.63) is 0 Å². The van der Waals surface area contributed by atoms with E-state index in [0.717, 1.165) is 12.8 Å². The van der Waals surface area contributed by atoms with Crippen molar-refractivity contribution in [2.24, 2.45) is 17.8 Å². The number of rotatable bonds is 3. The molecule has 0 bridgehead atoms.